The molecule has 0 spiro atoms. The number of carbonyl (C=O) groups excluding carboxylic acids is 3. The molecule has 118 valence electrons. The van der Waals surface area contributed by atoms with Gasteiger partial charge in [0, 0.05) is 11.6 Å². The van der Waals surface area contributed by atoms with E-state index in [1.165, 1.54) is 24.4 Å². The highest BCUT2D eigenvalue weighted by atomic mass is 32.1. The van der Waals surface area contributed by atoms with Crippen LogP contribution in [-0.2, 0) is 4.84 Å². The van der Waals surface area contributed by atoms with Crippen LogP contribution in [0, 0.1) is 0 Å². The highest BCUT2D eigenvalue weighted by molar-refractivity contribution is 7.20. The molecular formula is C16H8N2O5S. The molecule has 0 radical (unpaired) electrons. The van der Waals surface area contributed by atoms with Crippen molar-refractivity contribution in [2.45, 2.75) is 0 Å². The number of imide groups is 1. The first-order chi connectivity index (χ1) is 11.6. The third kappa shape index (κ3) is 2.04. The summed E-state index contributed by atoms with van der Waals surface area (Å²) >= 11 is 0.934. The van der Waals surface area contributed by atoms with E-state index in [2.05, 4.69) is 4.98 Å². The van der Waals surface area contributed by atoms with Gasteiger partial charge in [0.25, 0.3) is 17.4 Å². The van der Waals surface area contributed by atoms with E-state index in [0.29, 0.717) is 15.1 Å². The first kappa shape index (κ1) is 14.3. The minimum Gasteiger partial charge on any atom is -0.328 e. The van der Waals surface area contributed by atoms with Gasteiger partial charge in [0.05, 0.1) is 11.1 Å². The number of carbonyl (C=O) groups is 3. The van der Waals surface area contributed by atoms with E-state index in [1.807, 2.05) is 0 Å². The first-order valence-corrected chi connectivity index (χ1v) is 7.69. The number of aromatic nitrogens is 1. The highest BCUT2D eigenvalue weighted by Gasteiger charge is 2.39. The van der Waals surface area contributed by atoms with Gasteiger partial charge in [0.15, 0.2) is 0 Å². The maximum atomic E-state index is 12.3. The van der Waals surface area contributed by atoms with E-state index in [0.717, 1.165) is 11.3 Å². The van der Waals surface area contributed by atoms with Crippen LogP contribution in [0.5, 0.6) is 0 Å². The Labute approximate surface area is 138 Å². The van der Waals surface area contributed by atoms with Crippen LogP contribution in [-0.4, -0.2) is 27.8 Å². The van der Waals surface area contributed by atoms with Crippen molar-refractivity contribution in [3.63, 3.8) is 0 Å². The lowest BCUT2D eigenvalue weighted by atomic mass is 10.1. The minimum atomic E-state index is -0.870. The molecule has 8 heteroatoms. The minimum absolute atomic E-state index is 0.123. The van der Waals surface area contributed by atoms with E-state index < -0.39 is 17.8 Å². The Morgan fingerprint density at radius 2 is 1.71 bits per heavy atom. The summed E-state index contributed by atoms with van der Waals surface area (Å²) in [6.45, 7) is 0. The fourth-order valence-electron chi connectivity index (χ4n) is 2.46. The van der Waals surface area contributed by atoms with Crippen LogP contribution < -0.4 is 5.56 Å². The molecular weight excluding hydrogens is 332 g/mol. The van der Waals surface area contributed by atoms with Crippen LogP contribution >= 0.6 is 11.3 Å². The summed E-state index contributed by atoms with van der Waals surface area (Å²) in [7, 11) is 0. The van der Waals surface area contributed by atoms with Crippen molar-refractivity contribution in [2.24, 2.45) is 0 Å². The number of amides is 2. The lowest BCUT2D eigenvalue weighted by Crippen LogP contribution is -2.32. The monoisotopic (exact) mass is 340 g/mol. The van der Waals surface area contributed by atoms with E-state index in [9.17, 15) is 19.2 Å². The molecule has 0 saturated carbocycles. The molecule has 3 heterocycles. The second kappa shape index (κ2) is 5.14. The smallest absolute Gasteiger partial charge is 0.328 e. The highest BCUT2D eigenvalue weighted by Crippen LogP contribution is 2.26. The molecule has 4 rings (SSSR count). The van der Waals surface area contributed by atoms with Crippen molar-refractivity contribution in [1.29, 1.82) is 0 Å². The number of hydrogen-bond acceptors (Lipinski definition) is 6. The molecule has 1 aliphatic heterocycles. The fourth-order valence-corrected chi connectivity index (χ4v) is 3.38. The van der Waals surface area contributed by atoms with Crippen LogP contribution in [0.15, 0.2) is 47.4 Å². The van der Waals surface area contributed by atoms with Gasteiger partial charge >= 0.3 is 5.97 Å². The second-order valence-corrected chi connectivity index (χ2v) is 6.08. The largest absolute Gasteiger partial charge is 0.373 e. The van der Waals surface area contributed by atoms with Crippen molar-refractivity contribution in [3.05, 3.63) is 69.0 Å². The van der Waals surface area contributed by atoms with Crippen molar-refractivity contribution >= 4 is 39.2 Å². The predicted molar refractivity (Wildman–Crippen MR) is 84.8 cm³/mol. The van der Waals surface area contributed by atoms with Gasteiger partial charge in [-0.05, 0) is 24.3 Å². The maximum absolute atomic E-state index is 12.3. The van der Waals surface area contributed by atoms with Crippen LogP contribution in [0.1, 0.15) is 30.4 Å². The third-order valence-electron chi connectivity index (χ3n) is 3.58. The van der Waals surface area contributed by atoms with Gasteiger partial charge in [-0.25, -0.2) is 4.79 Å². The van der Waals surface area contributed by atoms with Gasteiger partial charge in [-0.15, -0.1) is 11.3 Å². The average Bonchev–Trinajstić information content (AvgIpc) is 3.12. The summed E-state index contributed by atoms with van der Waals surface area (Å²) in [6, 6.07) is 9.34. The van der Waals surface area contributed by atoms with Gasteiger partial charge in [-0.1, -0.05) is 17.2 Å². The van der Waals surface area contributed by atoms with Crippen molar-refractivity contribution < 1.29 is 19.2 Å². The van der Waals surface area contributed by atoms with Gasteiger partial charge in [0.2, 0.25) is 0 Å². The Morgan fingerprint density at radius 3 is 2.33 bits per heavy atom. The van der Waals surface area contributed by atoms with E-state index in [1.54, 1.807) is 18.2 Å². The predicted octanol–water partition coefficient (Wildman–Crippen LogP) is 1.96. The number of aromatic amines is 1. The van der Waals surface area contributed by atoms with Crippen molar-refractivity contribution in [3.8, 4) is 0 Å². The SMILES string of the molecule is O=C(ON1C(=O)c2ccccc2C1=O)c1cc2cc[nH]c(=O)c2s1. The van der Waals surface area contributed by atoms with Crippen LogP contribution in [0.4, 0.5) is 0 Å². The van der Waals surface area contributed by atoms with Gasteiger partial charge in [0.1, 0.15) is 9.58 Å². The zero-order valence-corrected chi connectivity index (χ0v) is 12.8. The molecule has 2 amide bonds. The van der Waals surface area contributed by atoms with E-state index in [-0.39, 0.29) is 21.6 Å². The Bertz CT molecular complexity index is 1050. The Morgan fingerprint density at radius 1 is 1.04 bits per heavy atom. The third-order valence-corrected chi connectivity index (χ3v) is 4.71. The molecule has 0 fully saturated rings. The number of H-pyrrole nitrogens is 1. The van der Waals surface area contributed by atoms with Crippen molar-refractivity contribution in [1.82, 2.24) is 10.0 Å². The molecule has 0 unspecified atom stereocenters. The normalized spacial score (nSPS) is 13.4. The summed E-state index contributed by atoms with van der Waals surface area (Å²) in [5.41, 5.74) is 0.0449. The fraction of sp³-hybridized carbons (Fsp3) is 0. The standard InChI is InChI=1S/C16H8N2O5S/c19-13-12-8(5-6-17-13)7-11(24-12)16(22)23-18-14(20)9-3-1-2-4-10(9)15(18)21/h1-7H,(H,17,19). The Kier molecular flexibility index (Phi) is 3.07. The molecule has 1 N–H and O–H groups in total. The number of rotatable bonds is 2. The molecule has 3 aromatic rings. The number of benzene rings is 1. The second-order valence-electron chi connectivity index (χ2n) is 5.03. The molecule has 0 saturated heterocycles. The lowest BCUT2D eigenvalue weighted by molar-refractivity contribution is -0.0581. The zero-order valence-electron chi connectivity index (χ0n) is 11.9. The number of pyridine rings is 1. The molecule has 2 aromatic heterocycles. The molecule has 1 aliphatic rings. The van der Waals surface area contributed by atoms with Crippen LogP contribution in [0.2, 0.25) is 0 Å². The molecule has 24 heavy (non-hydrogen) atoms. The average molecular weight is 340 g/mol. The number of hydrogen-bond donors (Lipinski definition) is 1. The van der Waals surface area contributed by atoms with Gasteiger partial charge in [-0.3, -0.25) is 14.4 Å². The molecule has 7 nitrogen and oxygen atoms in total. The van der Waals surface area contributed by atoms with Crippen LogP contribution in [0.3, 0.4) is 0 Å². The Hall–Kier alpha value is -3.26. The molecule has 0 aliphatic carbocycles. The number of fused-ring (bicyclic) bond motifs is 2. The van der Waals surface area contributed by atoms with Crippen LogP contribution in [0.25, 0.3) is 10.1 Å². The Balaban J connectivity index is 1.65. The van der Waals surface area contributed by atoms with E-state index in [4.69, 9.17) is 4.84 Å². The summed E-state index contributed by atoms with van der Waals surface area (Å²) in [6.07, 6.45) is 1.47. The van der Waals surface area contributed by atoms with Gasteiger partial charge < -0.3 is 9.82 Å². The van der Waals surface area contributed by atoms with E-state index >= 15 is 0 Å². The number of nitrogens with one attached hydrogen (secondary N) is 1. The lowest BCUT2D eigenvalue weighted by Gasteiger charge is -2.11. The summed E-state index contributed by atoms with van der Waals surface area (Å²) < 4.78 is 0.367. The summed E-state index contributed by atoms with van der Waals surface area (Å²) in [5.74, 6) is -2.25. The molecule has 0 bridgehead atoms. The zero-order chi connectivity index (χ0) is 16.8. The number of thiophene rings is 1. The quantitative estimate of drug-likeness (QED) is 0.719. The summed E-state index contributed by atoms with van der Waals surface area (Å²) in [5, 5.41) is 1.03. The molecule has 1 aromatic carbocycles. The summed E-state index contributed by atoms with van der Waals surface area (Å²) in [4.78, 5) is 55.9. The topological polar surface area (TPSA) is 96.5 Å². The maximum Gasteiger partial charge on any atom is 0.373 e. The van der Waals surface area contributed by atoms with Crippen molar-refractivity contribution in [2.75, 3.05) is 0 Å². The van der Waals surface area contributed by atoms with Gasteiger partial charge in [-0.2, -0.15) is 0 Å². The number of nitrogens with zero attached hydrogens (tertiary/aromatic N) is 1. The first-order valence-electron chi connectivity index (χ1n) is 6.87. The number of hydroxylamine groups is 2. The molecule has 0 atom stereocenters.